The van der Waals surface area contributed by atoms with Gasteiger partial charge in [-0.2, -0.15) is 4.98 Å². The van der Waals surface area contributed by atoms with Crippen LogP contribution in [-0.2, 0) is 9.53 Å². The Morgan fingerprint density at radius 2 is 2.24 bits per heavy atom. The van der Waals surface area contributed by atoms with Gasteiger partial charge in [0.2, 0.25) is 5.91 Å². The van der Waals surface area contributed by atoms with Gasteiger partial charge in [0.15, 0.2) is 5.82 Å². The van der Waals surface area contributed by atoms with Crippen LogP contribution in [0.2, 0.25) is 0 Å². The molecule has 21 heavy (non-hydrogen) atoms. The maximum absolute atomic E-state index is 11.8. The molecule has 0 bridgehead atoms. The third-order valence-corrected chi connectivity index (χ3v) is 3.64. The van der Waals surface area contributed by atoms with Crippen LogP contribution in [0.3, 0.4) is 0 Å². The lowest BCUT2D eigenvalue weighted by molar-refractivity contribution is -0.134. The number of aromatic nitrogens is 2. The van der Waals surface area contributed by atoms with Gasteiger partial charge >= 0.3 is 0 Å². The molecule has 6 heteroatoms. The number of likely N-dealkylation sites (tertiary alicyclic amines) is 1. The fourth-order valence-corrected chi connectivity index (χ4v) is 2.51. The van der Waals surface area contributed by atoms with Gasteiger partial charge < -0.3 is 14.2 Å². The highest BCUT2D eigenvalue weighted by molar-refractivity contribution is 5.77. The normalized spacial score (nSPS) is 18.1. The number of nitrogens with zero attached hydrogens (tertiary/aromatic N) is 3. The van der Waals surface area contributed by atoms with Gasteiger partial charge in [-0.25, -0.2) is 0 Å². The average molecular weight is 287 g/mol. The van der Waals surface area contributed by atoms with Crippen molar-refractivity contribution < 1.29 is 14.1 Å². The van der Waals surface area contributed by atoms with E-state index in [1.54, 1.807) is 4.90 Å². The molecule has 2 heterocycles. The fourth-order valence-electron chi connectivity index (χ4n) is 2.51. The fraction of sp³-hybridized carbons (Fsp3) is 0.400. The summed E-state index contributed by atoms with van der Waals surface area (Å²) in [6.45, 7) is 1.45. The molecule has 0 spiro atoms. The van der Waals surface area contributed by atoms with Gasteiger partial charge in [-0.15, -0.1) is 0 Å². The van der Waals surface area contributed by atoms with Crippen LogP contribution < -0.4 is 0 Å². The first kappa shape index (κ1) is 13.8. The van der Waals surface area contributed by atoms with Crippen LogP contribution >= 0.6 is 0 Å². The Bertz CT molecular complexity index is 612. The summed E-state index contributed by atoms with van der Waals surface area (Å²) in [6, 6.07) is 9.66. The van der Waals surface area contributed by atoms with Crippen LogP contribution in [0.5, 0.6) is 0 Å². The van der Waals surface area contributed by atoms with Crippen molar-refractivity contribution in [2.75, 3.05) is 26.8 Å². The molecule has 3 rings (SSSR count). The summed E-state index contributed by atoms with van der Waals surface area (Å²) in [4.78, 5) is 18.0. The molecule has 1 amide bonds. The van der Waals surface area contributed by atoms with Gasteiger partial charge in [0.05, 0.1) is 0 Å². The third-order valence-electron chi connectivity index (χ3n) is 3.64. The molecule has 1 fully saturated rings. The minimum Gasteiger partial charge on any atom is -0.375 e. The molecule has 110 valence electrons. The lowest BCUT2D eigenvalue weighted by Crippen LogP contribution is -2.31. The molecule has 1 unspecified atom stereocenters. The first-order valence-corrected chi connectivity index (χ1v) is 6.93. The van der Waals surface area contributed by atoms with E-state index < -0.39 is 0 Å². The Morgan fingerprint density at radius 1 is 1.43 bits per heavy atom. The highest BCUT2D eigenvalue weighted by atomic mass is 16.5. The highest BCUT2D eigenvalue weighted by Crippen LogP contribution is 2.27. The van der Waals surface area contributed by atoms with Gasteiger partial charge in [-0.05, 0) is 18.6 Å². The lowest BCUT2D eigenvalue weighted by Gasteiger charge is -2.14. The van der Waals surface area contributed by atoms with Crippen molar-refractivity contribution in [3.05, 3.63) is 36.2 Å². The van der Waals surface area contributed by atoms with E-state index >= 15 is 0 Å². The maximum atomic E-state index is 11.8. The summed E-state index contributed by atoms with van der Waals surface area (Å²) in [5, 5.41) is 4.06. The van der Waals surface area contributed by atoms with Crippen molar-refractivity contribution in [1.29, 1.82) is 0 Å². The number of methoxy groups -OCH3 is 1. The van der Waals surface area contributed by atoms with Gasteiger partial charge in [0.1, 0.15) is 6.61 Å². The summed E-state index contributed by atoms with van der Waals surface area (Å²) in [5.74, 6) is 1.33. The number of hydrogen-bond acceptors (Lipinski definition) is 5. The molecule has 2 aromatic rings. The largest absolute Gasteiger partial charge is 0.375 e. The van der Waals surface area contributed by atoms with Crippen LogP contribution in [0.4, 0.5) is 0 Å². The molecule has 1 aromatic heterocycles. The van der Waals surface area contributed by atoms with Crippen molar-refractivity contribution in [1.82, 2.24) is 15.0 Å². The Kier molecular flexibility index (Phi) is 3.96. The molecule has 1 aliphatic rings. The Morgan fingerprint density at radius 3 is 3.00 bits per heavy atom. The second kappa shape index (κ2) is 6.05. The Hall–Kier alpha value is -2.21. The Labute approximate surface area is 122 Å². The van der Waals surface area contributed by atoms with Crippen molar-refractivity contribution >= 4 is 5.91 Å². The first-order chi connectivity index (χ1) is 10.3. The zero-order chi connectivity index (χ0) is 14.7. The summed E-state index contributed by atoms with van der Waals surface area (Å²) in [6.07, 6.45) is 0.850. The van der Waals surface area contributed by atoms with E-state index in [2.05, 4.69) is 10.1 Å². The van der Waals surface area contributed by atoms with Crippen LogP contribution in [0.1, 0.15) is 18.2 Å². The van der Waals surface area contributed by atoms with Crippen LogP contribution in [-0.4, -0.2) is 47.8 Å². The quantitative estimate of drug-likeness (QED) is 0.856. The van der Waals surface area contributed by atoms with Crippen molar-refractivity contribution in [2.45, 2.75) is 12.3 Å². The zero-order valence-corrected chi connectivity index (χ0v) is 11.9. The van der Waals surface area contributed by atoms with E-state index in [1.165, 1.54) is 7.11 Å². The van der Waals surface area contributed by atoms with E-state index in [0.717, 1.165) is 12.0 Å². The monoisotopic (exact) mass is 287 g/mol. The summed E-state index contributed by atoms with van der Waals surface area (Å²) < 4.78 is 10.2. The highest BCUT2D eigenvalue weighted by Gasteiger charge is 2.30. The van der Waals surface area contributed by atoms with Crippen LogP contribution in [0.15, 0.2) is 34.9 Å². The predicted octanol–water partition coefficient (Wildman–Crippen LogP) is 1.70. The second-order valence-corrected chi connectivity index (χ2v) is 5.08. The van der Waals surface area contributed by atoms with Gasteiger partial charge in [-0.3, -0.25) is 4.79 Å². The molecule has 0 N–H and O–H groups in total. The summed E-state index contributed by atoms with van der Waals surface area (Å²) in [5.41, 5.74) is 0.904. The lowest BCUT2D eigenvalue weighted by atomic mass is 10.1. The molecule has 0 saturated carbocycles. The topological polar surface area (TPSA) is 68.5 Å². The molecule has 1 aliphatic heterocycles. The van der Waals surface area contributed by atoms with E-state index in [-0.39, 0.29) is 18.4 Å². The second-order valence-electron chi connectivity index (χ2n) is 5.08. The van der Waals surface area contributed by atoms with Crippen molar-refractivity contribution in [3.8, 4) is 11.5 Å². The number of amides is 1. The van der Waals surface area contributed by atoms with Crippen molar-refractivity contribution in [3.63, 3.8) is 0 Å². The van der Waals surface area contributed by atoms with Crippen LogP contribution in [0, 0.1) is 0 Å². The zero-order valence-electron chi connectivity index (χ0n) is 11.9. The van der Waals surface area contributed by atoms with E-state index in [0.29, 0.717) is 24.8 Å². The van der Waals surface area contributed by atoms with Gasteiger partial charge in [0, 0.05) is 31.7 Å². The number of rotatable bonds is 4. The molecule has 6 nitrogen and oxygen atoms in total. The minimum absolute atomic E-state index is 0.00628. The van der Waals surface area contributed by atoms with Crippen molar-refractivity contribution in [2.24, 2.45) is 0 Å². The Balaban J connectivity index is 1.69. The van der Waals surface area contributed by atoms with Gasteiger partial charge in [-0.1, -0.05) is 23.4 Å². The van der Waals surface area contributed by atoms with Crippen LogP contribution in [0.25, 0.3) is 11.5 Å². The average Bonchev–Trinajstić information content (AvgIpc) is 3.17. The molecular formula is C15H17N3O3. The third kappa shape index (κ3) is 2.95. The predicted molar refractivity (Wildman–Crippen MR) is 75.5 cm³/mol. The number of hydrogen-bond donors (Lipinski definition) is 0. The summed E-state index contributed by atoms with van der Waals surface area (Å²) in [7, 11) is 1.52. The molecule has 1 saturated heterocycles. The molecule has 0 radical (unpaired) electrons. The maximum Gasteiger partial charge on any atom is 0.257 e. The van der Waals surface area contributed by atoms with E-state index in [4.69, 9.17) is 9.26 Å². The molecular weight excluding hydrogens is 270 g/mol. The smallest absolute Gasteiger partial charge is 0.257 e. The number of carbonyl (C=O) groups is 1. The summed E-state index contributed by atoms with van der Waals surface area (Å²) >= 11 is 0. The SMILES string of the molecule is COCC(=O)N1CCC(c2noc(-c3ccccc3)n2)C1. The number of carbonyl (C=O) groups excluding carboxylic acids is 1. The standard InChI is InChI=1S/C15H17N3O3/c1-20-10-13(19)18-8-7-12(9-18)14-16-15(21-17-14)11-5-3-2-4-6-11/h2-6,12H,7-10H2,1H3. The van der Waals surface area contributed by atoms with Gasteiger partial charge in [0.25, 0.3) is 5.89 Å². The number of ether oxygens (including phenoxy) is 1. The molecule has 1 atom stereocenters. The van der Waals surface area contributed by atoms with E-state index in [9.17, 15) is 4.79 Å². The minimum atomic E-state index is 0.00628. The first-order valence-electron chi connectivity index (χ1n) is 6.93. The number of benzene rings is 1. The van der Waals surface area contributed by atoms with E-state index in [1.807, 2.05) is 30.3 Å². The molecule has 0 aliphatic carbocycles. The molecule has 1 aromatic carbocycles.